The van der Waals surface area contributed by atoms with Crippen molar-refractivity contribution in [3.05, 3.63) is 83.9 Å². The zero-order chi connectivity index (χ0) is 39.3. The van der Waals surface area contributed by atoms with E-state index in [4.69, 9.17) is 47.4 Å². The van der Waals surface area contributed by atoms with Gasteiger partial charge in [-0.3, -0.25) is 4.79 Å². The SMILES string of the molecule is CC(=O)Nc1ccc(OCCOCCOCCOCCOCCOCCOCCOCCOCCCNC(=O)OCC2c3ccccc3-c3ccccc32)cc1. The predicted octanol–water partition coefficient (Wildman–Crippen LogP) is 5.09. The van der Waals surface area contributed by atoms with E-state index >= 15 is 0 Å². The molecule has 14 nitrogen and oxygen atoms in total. The third-order valence-corrected chi connectivity index (χ3v) is 8.35. The van der Waals surface area contributed by atoms with Gasteiger partial charge in [0.25, 0.3) is 0 Å². The molecule has 3 aromatic carbocycles. The molecule has 308 valence electrons. The molecule has 0 atom stereocenters. The Morgan fingerprint density at radius 1 is 0.518 bits per heavy atom. The lowest BCUT2D eigenvalue weighted by Gasteiger charge is -2.14. The summed E-state index contributed by atoms with van der Waals surface area (Å²) in [6, 6.07) is 23.7. The monoisotopic (exact) mass is 782 g/mol. The Morgan fingerprint density at radius 2 is 0.929 bits per heavy atom. The average Bonchev–Trinajstić information content (AvgIpc) is 3.53. The Balaban J connectivity index is 0.800. The number of rotatable bonds is 32. The van der Waals surface area contributed by atoms with Gasteiger partial charge in [-0.25, -0.2) is 4.79 Å². The van der Waals surface area contributed by atoms with E-state index in [-0.39, 0.29) is 11.8 Å². The van der Waals surface area contributed by atoms with E-state index in [1.165, 1.54) is 29.2 Å². The number of hydrogen-bond acceptors (Lipinski definition) is 12. The Kier molecular flexibility index (Phi) is 22.5. The van der Waals surface area contributed by atoms with Crippen LogP contribution in [0, 0.1) is 0 Å². The standard InChI is InChI=1S/C42H58N2O12/c1-34(45)44-35-11-13-36(14-12-35)55-32-31-54-30-29-53-28-27-52-26-25-51-24-23-50-22-21-49-20-19-48-18-17-47-16-6-15-43-42(46)56-33-41-39-9-4-2-7-37(39)38-8-3-5-10-40(38)41/h2-5,7-14,41H,6,15-33H2,1H3,(H,43,46)(H,44,45). The second kappa shape index (κ2) is 28.3. The maximum absolute atomic E-state index is 12.3. The molecule has 0 saturated carbocycles. The number of nitrogens with one attached hydrogen (secondary N) is 2. The van der Waals surface area contributed by atoms with Crippen LogP contribution in [0.25, 0.3) is 11.1 Å². The van der Waals surface area contributed by atoms with Gasteiger partial charge in [-0.15, -0.1) is 0 Å². The third-order valence-electron chi connectivity index (χ3n) is 8.35. The van der Waals surface area contributed by atoms with Crippen LogP contribution in [0.15, 0.2) is 72.8 Å². The molecule has 3 aromatic rings. The first-order valence-electron chi connectivity index (χ1n) is 19.3. The van der Waals surface area contributed by atoms with Gasteiger partial charge in [0.2, 0.25) is 5.91 Å². The Hall–Kier alpha value is -4.12. The molecule has 1 aliphatic rings. The Bertz CT molecular complexity index is 1460. The van der Waals surface area contributed by atoms with E-state index in [1.807, 2.05) is 24.3 Å². The van der Waals surface area contributed by atoms with E-state index in [1.54, 1.807) is 24.3 Å². The summed E-state index contributed by atoms with van der Waals surface area (Å²) < 4.78 is 55.3. The molecule has 0 aliphatic heterocycles. The summed E-state index contributed by atoms with van der Waals surface area (Å²) in [4.78, 5) is 23.3. The second-order valence-electron chi connectivity index (χ2n) is 12.6. The molecule has 0 fully saturated rings. The highest BCUT2D eigenvalue weighted by Crippen LogP contribution is 2.44. The molecule has 0 spiro atoms. The van der Waals surface area contributed by atoms with Gasteiger partial charge in [0.15, 0.2) is 0 Å². The molecule has 4 rings (SSSR count). The van der Waals surface area contributed by atoms with Gasteiger partial charge in [0.05, 0.1) is 99.1 Å². The molecule has 0 radical (unpaired) electrons. The number of carbonyl (C=O) groups is 2. The summed E-state index contributed by atoms with van der Waals surface area (Å²) in [5, 5.41) is 5.51. The van der Waals surface area contributed by atoms with Gasteiger partial charge in [-0.05, 0) is 52.9 Å². The van der Waals surface area contributed by atoms with Crippen LogP contribution in [0.3, 0.4) is 0 Å². The number of alkyl carbamates (subject to hydrolysis) is 1. The first-order valence-corrected chi connectivity index (χ1v) is 19.3. The number of ether oxygens (including phenoxy) is 10. The summed E-state index contributed by atoms with van der Waals surface area (Å²) >= 11 is 0. The molecule has 0 unspecified atom stereocenters. The molecule has 14 heteroatoms. The number of anilines is 1. The summed E-state index contributed by atoms with van der Waals surface area (Å²) in [6.45, 7) is 10.4. The van der Waals surface area contributed by atoms with Gasteiger partial charge in [0.1, 0.15) is 19.0 Å². The van der Waals surface area contributed by atoms with Crippen molar-refractivity contribution in [1.29, 1.82) is 0 Å². The van der Waals surface area contributed by atoms with Crippen LogP contribution in [-0.2, 0) is 47.4 Å². The van der Waals surface area contributed by atoms with Gasteiger partial charge >= 0.3 is 6.09 Å². The number of amides is 2. The van der Waals surface area contributed by atoms with Crippen molar-refractivity contribution in [3.63, 3.8) is 0 Å². The van der Waals surface area contributed by atoms with Crippen molar-refractivity contribution in [2.45, 2.75) is 19.3 Å². The first kappa shape index (κ1) is 44.6. The third kappa shape index (κ3) is 18.2. The summed E-state index contributed by atoms with van der Waals surface area (Å²) in [6.07, 6.45) is 0.263. The lowest BCUT2D eigenvalue weighted by atomic mass is 9.98. The molecule has 0 saturated heterocycles. The molecule has 0 aromatic heterocycles. The van der Waals surface area contributed by atoms with E-state index in [0.29, 0.717) is 138 Å². The number of hydrogen-bond donors (Lipinski definition) is 2. The molecule has 2 amide bonds. The minimum absolute atomic E-state index is 0.0465. The molecule has 0 heterocycles. The van der Waals surface area contributed by atoms with Crippen LogP contribution in [-0.4, -0.2) is 137 Å². The molecule has 56 heavy (non-hydrogen) atoms. The fourth-order valence-electron chi connectivity index (χ4n) is 5.71. The fraction of sp³-hybridized carbons (Fsp3) is 0.524. The predicted molar refractivity (Wildman–Crippen MR) is 210 cm³/mol. The molecular formula is C42H58N2O12. The van der Waals surface area contributed by atoms with Crippen LogP contribution >= 0.6 is 0 Å². The van der Waals surface area contributed by atoms with Crippen LogP contribution in [0.1, 0.15) is 30.4 Å². The summed E-state index contributed by atoms with van der Waals surface area (Å²) in [5.74, 6) is 0.648. The summed E-state index contributed by atoms with van der Waals surface area (Å²) in [5.41, 5.74) is 5.53. The maximum atomic E-state index is 12.3. The normalized spacial score (nSPS) is 11.9. The fourth-order valence-corrected chi connectivity index (χ4v) is 5.71. The lowest BCUT2D eigenvalue weighted by molar-refractivity contribution is -0.114. The minimum Gasteiger partial charge on any atom is -0.491 e. The van der Waals surface area contributed by atoms with Crippen molar-refractivity contribution in [2.24, 2.45) is 0 Å². The lowest BCUT2D eigenvalue weighted by Crippen LogP contribution is -2.27. The number of fused-ring (bicyclic) bond motifs is 3. The van der Waals surface area contributed by atoms with Gasteiger partial charge in [0, 0.05) is 31.7 Å². The van der Waals surface area contributed by atoms with E-state index in [0.717, 1.165) is 5.69 Å². The van der Waals surface area contributed by atoms with E-state index in [2.05, 4.69) is 34.9 Å². The smallest absolute Gasteiger partial charge is 0.407 e. The van der Waals surface area contributed by atoms with Crippen LogP contribution in [0.5, 0.6) is 5.75 Å². The molecular weight excluding hydrogens is 724 g/mol. The quantitative estimate of drug-likeness (QED) is 0.0813. The summed E-state index contributed by atoms with van der Waals surface area (Å²) in [7, 11) is 0. The van der Waals surface area contributed by atoms with Crippen molar-refractivity contribution in [3.8, 4) is 16.9 Å². The van der Waals surface area contributed by atoms with Crippen molar-refractivity contribution >= 4 is 17.7 Å². The average molecular weight is 783 g/mol. The highest BCUT2D eigenvalue weighted by atomic mass is 16.6. The van der Waals surface area contributed by atoms with Gasteiger partial charge in [-0.1, -0.05) is 48.5 Å². The van der Waals surface area contributed by atoms with Crippen molar-refractivity contribution < 1.29 is 57.0 Å². The Morgan fingerprint density at radius 3 is 1.38 bits per heavy atom. The molecule has 1 aliphatic carbocycles. The highest BCUT2D eigenvalue weighted by molar-refractivity contribution is 5.88. The van der Waals surface area contributed by atoms with Crippen molar-refractivity contribution in [2.75, 3.05) is 131 Å². The van der Waals surface area contributed by atoms with Crippen molar-refractivity contribution in [1.82, 2.24) is 5.32 Å². The first-order chi connectivity index (χ1) is 27.6. The minimum atomic E-state index is -0.418. The topological polar surface area (TPSA) is 151 Å². The van der Waals surface area contributed by atoms with E-state index in [9.17, 15) is 9.59 Å². The van der Waals surface area contributed by atoms with E-state index < -0.39 is 6.09 Å². The molecule has 0 bridgehead atoms. The highest BCUT2D eigenvalue weighted by Gasteiger charge is 2.28. The Labute approximate surface area is 330 Å². The van der Waals surface area contributed by atoms with Crippen LogP contribution in [0.2, 0.25) is 0 Å². The molecule has 2 N–H and O–H groups in total. The zero-order valence-corrected chi connectivity index (χ0v) is 32.5. The van der Waals surface area contributed by atoms with Crippen LogP contribution < -0.4 is 15.4 Å². The number of benzene rings is 3. The second-order valence-corrected chi connectivity index (χ2v) is 12.6. The van der Waals surface area contributed by atoms with Gasteiger partial charge in [-0.2, -0.15) is 0 Å². The van der Waals surface area contributed by atoms with Crippen LogP contribution in [0.4, 0.5) is 10.5 Å². The zero-order valence-electron chi connectivity index (χ0n) is 32.5. The number of carbonyl (C=O) groups excluding carboxylic acids is 2. The maximum Gasteiger partial charge on any atom is 0.407 e. The van der Waals surface area contributed by atoms with Gasteiger partial charge < -0.3 is 58.0 Å². The largest absolute Gasteiger partial charge is 0.491 e.